The van der Waals surface area contributed by atoms with Crippen molar-refractivity contribution in [2.24, 2.45) is 5.92 Å². The first-order chi connectivity index (χ1) is 19.8. The molecule has 5 rings (SSSR count). The van der Waals surface area contributed by atoms with E-state index in [0.29, 0.717) is 23.5 Å². The number of aliphatic hydroxyl groups is 2. The molecule has 1 fully saturated rings. The number of aliphatic hydroxyl groups excluding tert-OH is 1. The second kappa shape index (κ2) is 11.7. The zero-order valence-corrected chi connectivity index (χ0v) is 23.2. The third kappa shape index (κ3) is 5.30. The maximum Gasteiger partial charge on any atom is 0.264 e. The summed E-state index contributed by atoms with van der Waals surface area (Å²) in [5, 5.41) is 25.3. The van der Waals surface area contributed by atoms with Crippen LogP contribution in [0.15, 0.2) is 73.5 Å². The van der Waals surface area contributed by atoms with E-state index < -0.39 is 17.4 Å². The van der Waals surface area contributed by atoms with Gasteiger partial charge in [-0.05, 0) is 42.7 Å². The van der Waals surface area contributed by atoms with Crippen LogP contribution in [0.3, 0.4) is 0 Å². The van der Waals surface area contributed by atoms with Crippen LogP contribution in [0.2, 0.25) is 0 Å². The largest absolute Gasteiger partial charge is 0.394 e. The van der Waals surface area contributed by atoms with Gasteiger partial charge in [0.05, 0.1) is 24.8 Å². The fourth-order valence-electron chi connectivity index (χ4n) is 5.97. The van der Waals surface area contributed by atoms with Gasteiger partial charge in [-0.3, -0.25) is 14.4 Å². The van der Waals surface area contributed by atoms with Gasteiger partial charge in [-0.25, -0.2) is 0 Å². The summed E-state index contributed by atoms with van der Waals surface area (Å²) in [6, 6.07) is 12.7. The first-order valence-corrected chi connectivity index (χ1v) is 14.0. The predicted molar refractivity (Wildman–Crippen MR) is 158 cm³/mol. The minimum absolute atomic E-state index is 0.0588. The van der Waals surface area contributed by atoms with Gasteiger partial charge < -0.3 is 30.3 Å². The number of hydrogen-bond acceptors (Lipinski definition) is 5. The van der Waals surface area contributed by atoms with Crippen LogP contribution in [0, 0.1) is 5.92 Å². The highest BCUT2D eigenvalue weighted by Gasteiger charge is 2.52. The van der Waals surface area contributed by atoms with Crippen molar-refractivity contribution in [1.82, 2.24) is 9.88 Å². The normalized spacial score (nSPS) is 21.0. The molecule has 2 aromatic carbocycles. The van der Waals surface area contributed by atoms with Gasteiger partial charge in [0.15, 0.2) is 5.60 Å². The molecule has 2 aliphatic rings. The van der Waals surface area contributed by atoms with Gasteiger partial charge in [-0.2, -0.15) is 0 Å². The van der Waals surface area contributed by atoms with Crippen LogP contribution in [0.5, 0.6) is 0 Å². The molecule has 3 aromatic rings. The molecule has 3 heterocycles. The van der Waals surface area contributed by atoms with E-state index >= 15 is 0 Å². The van der Waals surface area contributed by atoms with Gasteiger partial charge >= 0.3 is 0 Å². The molecule has 9 nitrogen and oxygen atoms in total. The summed E-state index contributed by atoms with van der Waals surface area (Å²) in [5.41, 5.74) is 1.34. The summed E-state index contributed by atoms with van der Waals surface area (Å²) in [5.74, 6) is -1.47. The lowest BCUT2D eigenvalue weighted by Gasteiger charge is -2.27. The molecule has 3 amide bonds. The number of H-pyrrole nitrogens is 1. The Morgan fingerprint density at radius 1 is 1.27 bits per heavy atom. The van der Waals surface area contributed by atoms with Crippen molar-refractivity contribution < 1.29 is 24.6 Å². The summed E-state index contributed by atoms with van der Waals surface area (Å²) in [6.07, 6.45) is 8.69. The minimum atomic E-state index is -1.89. The summed E-state index contributed by atoms with van der Waals surface area (Å²) in [6.45, 7) is 6.26. The van der Waals surface area contributed by atoms with Crippen molar-refractivity contribution in [3.05, 3.63) is 84.6 Å². The lowest BCUT2D eigenvalue weighted by molar-refractivity contribution is -0.139. The van der Waals surface area contributed by atoms with E-state index in [2.05, 4.69) is 16.9 Å². The number of rotatable bonds is 10. The van der Waals surface area contributed by atoms with Gasteiger partial charge in [0, 0.05) is 53.8 Å². The fraction of sp³-hybridized carbons (Fsp3) is 0.344. The number of benzene rings is 2. The number of fused-ring (bicyclic) bond motifs is 2. The van der Waals surface area contributed by atoms with Gasteiger partial charge in [0.2, 0.25) is 11.8 Å². The Morgan fingerprint density at radius 3 is 2.85 bits per heavy atom. The van der Waals surface area contributed by atoms with E-state index in [4.69, 9.17) is 0 Å². The number of likely N-dealkylation sites (tertiary alicyclic amines) is 1. The molecular formula is C32H36N4O5. The van der Waals surface area contributed by atoms with Crippen molar-refractivity contribution in [2.45, 2.75) is 44.2 Å². The number of amides is 3. The van der Waals surface area contributed by atoms with E-state index in [1.807, 2.05) is 30.5 Å². The molecule has 9 heteroatoms. The third-order valence-corrected chi connectivity index (χ3v) is 8.17. The fourth-order valence-corrected chi connectivity index (χ4v) is 5.97. The minimum Gasteiger partial charge on any atom is -0.394 e. The second-order valence-corrected chi connectivity index (χ2v) is 10.8. The summed E-state index contributed by atoms with van der Waals surface area (Å²) >= 11 is 0. The lowest BCUT2D eigenvalue weighted by Crippen LogP contribution is -2.44. The number of aromatic nitrogens is 1. The van der Waals surface area contributed by atoms with Crippen LogP contribution >= 0.6 is 0 Å². The van der Waals surface area contributed by atoms with Gasteiger partial charge in [-0.15, -0.1) is 6.58 Å². The first-order valence-electron chi connectivity index (χ1n) is 14.0. The summed E-state index contributed by atoms with van der Waals surface area (Å²) in [7, 11) is 0. The van der Waals surface area contributed by atoms with E-state index in [0.717, 1.165) is 29.3 Å². The van der Waals surface area contributed by atoms with Crippen molar-refractivity contribution in [1.29, 1.82) is 0 Å². The van der Waals surface area contributed by atoms with Crippen LogP contribution in [0.4, 0.5) is 11.4 Å². The van der Waals surface area contributed by atoms with Gasteiger partial charge in [-0.1, -0.05) is 43.4 Å². The number of carbonyl (C=O) groups is 3. The molecule has 0 unspecified atom stereocenters. The summed E-state index contributed by atoms with van der Waals surface area (Å²) < 4.78 is 0. The number of para-hydroxylation sites is 1. The molecular weight excluding hydrogens is 520 g/mol. The molecule has 0 spiro atoms. The van der Waals surface area contributed by atoms with Crippen LogP contribution in [0.25, 0.3) is 10.9 Å². The van der Waals surface area contributed by atoms with E-state index in [1.165, 1.54) is 4.90 Å². The summed E-state index contributed by atoms with van der Waals surface area (Å²) in [4.78, 5) is 45.6. The predicted octanol–water partition coefficient (Wildman–Crippen LogP) is 3.64. The topological polar surface area (TPSA) is 126 Å². The zero-order chi connectivity index (χ0) is 29.1. The average molecular weight is 557 g/mol. The monoisotopic (exact) mass is 556 g/mol. The molecule has 4 N–H and O–H groups in total. The van der Waals surface area contributed by atoms with Crippen LogP contribution in [-0.2, 0) is 26.4 Å². The molecule has 0 bridgehead atoms. The van der Waals surface area contributed by atoms with Crippen molar-refractivity contribution in [3.63, 3.8) is 0 Å². The maximum atomic E-state index is 13.6. The Hall–Kier alpha value is -4.21. The number of carbonyl (C=O) groups excluding carboxylic acids is 3. The molecule has 0 aliphatic carbocycles. The number of nitrogens with zero attached hydrogens (tertiary/aromatic N) is 2. The Bertz CT molecular complexity index is 1510. The lowest BCUT2D eigenvalue weighted by atomic mass is 9.82. The van der Waals surface area contributed by atoms with Crippen molar-refractivity contribution >= 4 is 40.0 Å². The molecule has 41 heavy (non-hydrogen) atoms. The molecule has 0 radical (unpaired) electrons. The van der Waals surface area contributed by atoms with E-state index in [9.17, 15) is 24.6 Å². The molecule has 1 aromatic heterocycles. The number of hydrogen-bond donors (Lipinski definition) is 4. The van der Waals surface area contributed by atoms with Crippen LogP contribution in [0.1, 0.15) is 37.3 Å². The van der Waals surface area contributed by atoms with Crippen LogP contribution < -0.4 is 10.2 Å². The second-order valence-electron chi connectivity index (χ2n) is 10.8. The zero-order valence-electron chi connectivity index (χ0n) is 23.2. The van der Waals surface area contributed by atoms with Gasteiger partial charge in [0.25, 0.3) is 5.91 Å². The maximum absolute atomic E-state index is 13.6. The molecule has 2 aliphatic heterocycles. The molecule has 3 atom stereocenters. The highest BCUT2D eigenvalue weighted by atomic mass is 16.3. The Balaban J connectivity index is 1.35. The van der Waals surface area contributed by atoms with Crippen molar-refractivity contribution in [3.8, 4) is 0 Å². The Labute approximate surface area is 239 Å². The molecule has 0 saturated carbocycles. The Kier molecular flexibility index (Phi) is 8.10. The number of aromatic amines is 1. The highest BCUT2D eigenvalue weighted by Crippen LogP contribution is 2.46. The first kappa shape index (κ1) is 28.3. The van der Waals surface area contributed by atoms with Gasteiger partial charge in [0.1, 0.15) is 0 Å². The standard InChI is InChI=1S/C32H36N4O5/c1-3-15-36-28-14-13-23(34-29(38)17-22-19-33-27-11-5-4-10-25(22)27)18-26(28)32(41,31(36)40)21(2)8-6-12-30(39)35-16-7-9-24(35)20-37/h3-6,8,10-11,13-14,18-19,21,24,33,37,41H,1,7,9,12,15-17,20H2,2H3,(H,34,38)/b8-6+/t21-,24+,32+/m1/s1. The average Bonchev–Trinajstić information content (AvgIpc) is 3.67. The number of nitrogens with one attached hydrogen (secondary N) is 2. The molecule has 1 saturated heterocycles. The highest BCUT2D eigenvalue weighted by molar-refractivity contribution is 6.08. The quantitative estimate of drug-likeness (QED) is 0.284. The SMILES string of the molecule is C=CCN1C(=O)[C@](O)([C@H](C)/C=C/CC(=O)N2CCC[C@H]2CO)c2cc(NC(=O)Cc3c[nH]c4ccccc34)ccc21. The number of anilines is 2. The van der Waals surface area contributed by atoms with Crippen molar-refractivity contribution in [2.75, 3.05) is 29.9 Å². The van der Waals surface area contributed by atoms with E-state index in [1.54, 1.807) is 48.3 Å². The van der Waals surface area contributed by atoms with E-state index in [-0.39, 0.29) is 43.8 Å². The smallest absolute Gasteiger partial charge is 0.264 e. The van der Waals surface area contributed by atoms with Crippen LogP contribution in [-0.4, -0.2) is 63.6 Å². The Morgan fingerprint density at radius 2 is 2.07 bits per heavy atom. The third-order valence-electron chi connectivity index (χ3n) is 8.17. The molecule has 214 valence electrons.